The van der Waals surface area contributed by atoms with Crippen molar-refractivity contribution in [2.24, 2.45) is 7.05 Å². The number of imidazole rings is 1. The summed E-state index contributed by atoms with van der Waals surface area (Å²) in [6, 6.07) is 6.00. The van der Waals surface area contributed by atoms with Crippen LogP contribution in [0.2, 0.25) is 0 Å². The number of halogens is 2. The maximum absolute atomic E-state index is 12.9. The van der Waals surface area contributed by atoms with E-state index < -0.39 is 17.8 Å². The summed E-state index contributed by atoms with van der Waals surface area (Å²) in [5.41, 5.74) is 1.51. The van der Waals surface area contributed by atoms with Crippen LogP contribution in [0, 0.1) is 0 Å². The van der Waals surface area contributed by atoms with Gasteiger partial charge in [0.05, 0.1) is 25.3 Å². The first-order chi connectivity index (χ1) is 12.9. The van der Waals surface area contributed by atoms with E-state index in [9.17, 15) is 13.3 Å². The second-order valence-corrected chi connectivity index (χ2v) is 6.81. The Labute approximate surface area is 157 Å². The Morgan fingerprint density at radius 1 is 1.22 bits per heavy atom. The van der Waals surface area contributed by atoms with Gasteiger partial charge in [-0.1, -0.05) is 0 Å². The molecule has 2 heterocycles. The van der Waals surface area contributed by atoms with E-state index in [-0.39, 0.29) is 16.7 Å². The quantitative estimate of drug-likeness (QED) is 0.570. The number of hydrogen-bond acceptors (Lipinski definition) is 6. The first kappa shape index (κ1) is 19.2. The maximum atomic E-state index is 12.9. The summed E-state index contributed by atoms with van der Waals surface area (Å²) in [6.45, 7) is -2.92. The predicted molar refractivity (Wildman–Crippen MR) is 94.8 cm³/mol. The molecule has 2 aromatic heterocycles. The van der Waals surface area contributed by atoms with Gasteiger partial charge in [-0.05, 0) is 12.1 Å². The first-order valence-corrected chi connectivity index (χ1v) is 9.12. The van der Waals surface area contributed by atoms with Crippen LogP contribution >= 0.6 is 0 Å². The molecule has 1 aromatic carbocycles. The highest BCUT2D eigenvalue weighted by molar-refractivity contribution is 7.90. The number of pyridine rings is 1. The number of methoxy groups -OCH3 is 2. The molecule has 0 radical (unpaired) electrons. The fourth-order valence-corrected chi connectivity index (χ4v) is 3.86. The topological polar surface area (TPSA) is 81.5 Å². The smallest absolute Gasteiger partial charge is 0.387 e. The molecule has 0 saturated carbocycles. The molecule has 1 unspecified atom stereocenters. The largest absolute Gasteiger partial charge is 0.609 e. The summed E-state index contributed by atoms with van der Waals surface area (Å²) in [5.74, 6) is 0.949. The predicted octanol–water partition coefficient (Wildman–Crippen LogP) is 2.89. The van der Waals surface area contributed by atoms with E-state index in [1.165, 1.54) is 38.6 Å². The van der Waals surface area contributed by atoms with Crippen molar-refractivity contribution in [3.63, 3.8) is 0 Å². The molecule has 0 fully saturated rings. The number of benzene rings is 1. The van der Waals surface area contributed by atoms with Crippen molar-refractivity contribution >= 4 is 22.2 Å². The third-order valence-corrected chi connectivity index (χ3v) is 5.18. The third-order valence-electron chi connectivity index (χ3n) is 3.87. The van der Waals surface area contributed by atoms with E-state index in [0.717, 1.165) is 0 Å². The fourth-order valence-electron chi connectivity index (χ4n) is 2.67. The molecule has 144 valence electrons. The van der Waals surface area contributed by atoms with Gasteiger partial charge in [-0.2, -0.15) is 13.8 Å². The van der Waals surface area contributed by atoms with Crippen molar-refractivity contribution in [2.45, 2.75) is 17.5 Å². The minimum Gasteiger partial charge on any atom is -0.609 e. The number of fused-ring (bicyclic) bond motifs is 1. The average molecular weight is 397 g/mol. The second kappa shape index (κ2) is 7.97. The van der Waals surface area contributed by atoms with Crippen LogP contribution in [0.1, 0.15) is 5.69 Å². The van der Waals surface area contributed by atoms with Gasteiger partial charge in [-0.15, -0.1) is 0 Å². The number of nitrogens with zero attached hydrogens (tertiary/aromatic N) is 3. The minimum absolute atomic E-state index is 0.00830. The van der Waals surface area contributed by atoms with Crippen LogP contribution in [0.3, 0.4) is 0 Å². The van der Waals surface area contributed by atoms with Gasteiger partial charge in [0.2, 0.25) is 0 Å². The molecule has 0 amide bonds. The van der Waals surface area contributed by atoms with Gasteiger partial charge >= 0.3 is 11.8 Å². The summed E-state index contributed by atoms with van der Waals surface area (Å²) in [5, 5.41) is 0.283. The molecule has 0 aliphatic carbocycles. The SMILES string of the molecule is COc1ccnc(C[S+]([O-])c2nc3ccc(OC(F)F)cc3n2C)c1OC. The van der Waals surface area contributed by atoms with Crippen molar-refractivity contribution in [1.82, 2.24) is 14.5 Å². The molecular weight excluding hydrogens is 380 g/mol. The number of hydrogen-bond donors (Lipinski definition) is 0. The summed E-state index contributed by atoms with van der Waals surface area (Å²) in [6.07, 6.45) is 1.54. The molecule has 0 aliphatic heterocycles. The third kappa shape index (κ3) is 3.91. The van der Waals surface area contributed by atoms with E-state index >= 15 is 0 Å². The molecule has 7 nitrogen and oxygen atoms in total. The molecule has 1 atom stereocenters. The van der Waals surface area contributed by atoms with Gasteiger partial charge in [-0.25, -0.2) is 0 Å². The zero-order valence-electron chi connectivity index (χ0n) is 14.8. The minimum atomic E-state index is -2.92. The van der Waals surface area contributed by atoms with Crippen molar-refractivity contribution in [3.05, 3.63) is 36.2 Å². The van der Waals surface area contributed by atoms with Crippen molar-refractivity contribution in [2.75, 3.05) is 14.2 Å². The monoisotopic (exact) mass is 397 g/mol. The van der Waals surface area contributed by atoms with Gasteiger partial charge in [0.15, 0.2) is 17.3 Å². The molecule has 10 heteroatoms. The van der Waals surface area contributed by atoms with Crippen molar-refractivity contribution < 1.29 is 27.5 Å². The van der Waals surface area contributed by atoms with E-state index in [1.54, 1.807) is 17.7 Å². The lowest BCUT2D eigenvalue weighted by atomic mass is 10.3. The van der Waals surface area contributed by atoms with Crippen LogP contribution in [0.5, 0.6) is 17.2 Å². The summed E-state index contributed by atoms with van der Waals surface area (Å²) in [7, 11) is 4.64. The van der Waals surface area contributed by atoms with Crippen LogP contribution < -0.4 is 14.2 Å². The lowest BCUT2D eigenvalue weighted by Gasteiger charge is -2.13. The van der Waals surface area contributed by atoms with Crippen LogP contribution in [-0.4, -0.2) is 39.9 Å². The highest BCUT2D eigenvalue weighted by atomic mass is 32.2. The van der Waals surface area contributed by atoms with E-state index in [2.05, 4.69) is 14.7 Å². The Balaban J connectivity index is 1.92. The molecule has 0 spiro atoms. The summed E-state index contributed by atoms with van der Waals surface area (Å²) in [4.78, 5) is 8.56. The van der Waals surface area contributed by atoms with Crippen LogP contribution in [0.4, 0.5) is 8.78 Å². The number of alkyl halides is 2. The van der Waals surface area contributed by atoms with Crippen molar-refractivity contribution in [3.8, 4) is 17.2 Å². The Hall–Kier alpha value is -2.59. The lowest BCUT2D eigenvalue weighted by molar-refractivity contribution is -0.0497. The molecule has 27 heavy (non-hydrogen) atoms. The highest BCUT2D eigenvalue weighted by Crippen LogP contribution is 2.32. The zero-order chi connectivity index (χ0) is 19.6. The molecule has 3 rings (SSSR count). The number of rotatable bonds is 7. The second-order valence-electron chi connectivity index (χ2n) is 5.47. The van der Waals surface area contributed by atoms with Gasteiger partial charge in [-0.3, -0.25) is 9.55 Å². The molecule has 3 aromatic rings. The molecule has 0 bridgehead atoms. The maximum Gasteiger partial charge on any atom is 0.387 e. The molecule has 0 aliphatic rings. The normalized spacial score (nSPS) is 12.4. The van der Waals surface area contributed by atoms with E-state index in [1.807, 2.05) is 0 Å². The van der Waals surface area contributed by atoms with Crippen LogP contribution in [-0.2, 0) is 24.0 Å². The highest BCUT2D eigenvalue weighted by Gasteiger charge is 2.24. The fraction of sp³-hybridized carbons (Fsp3) is 0.294. The molecule has 0 saturated heterocycles. The Kier molecular flexibility index (Phi) is 5.66. The number of aryl methyl sites for hydroxylation is 1. The Morgan fingerprint density at radius 2 is 2.00 bits per heavy atom. The number of ether oxygens (including phenoxy) is 3. The average Bonchev–Trinajstić information content (AvgIpc) is 2.97. The Morgan fingerprint density at radius 3 is 2.67 bits per heavy atom. The standard InChI is InChI=1S/C17H17F2N3O4S/c1-22-13-8-10(26-16(18)19)4-5-11(13)21-17(22)27(23)9-12-15(25-3)14(24-2)6-7-20-12/h4-8,16H,9H2,1-3H3. The summed E-state index contributed by atoms with van der Waals surface area (Å²) >= 11 is -1.55. The van der Waals surface area contributed by atoms with Gasteiger partial charge in [0, 0.05) is 36.6 Å². The van der Waals surface area contributed by atoms with E-state index in [0.29, 0.717) is 28.2 Å². The van der Waals surface area contributed by atoms with Gasteiger partial charge in [0.25, 0.3) is 0 Å². The zero-order valence-corrected chi connectivity index (χ0v) is 15.6. The van der Waals surface area contributed by atoms with Crippen LogP contribution in [0.15, 0.2) is 35.6 Å². The van der Waals surface area contributed by atoms with Crippen LogP contribution in [0.25, 0.3) is 11.0 Å². The van der Waals surface area contributed by atoms with Crippen molar-refractivity contribution in [1.29, 1.82) is 0 Å². The van der Waals surface area contributed by atoms with Gasteiger partial charge < -0.3 is 18.8 Å². The molecule has 0 N–H and O–H groups in total. The summed E-state index contributed by atoms with van der Waals surface area (Å²) < 4.78 is 54.2. The lowest BCUT2D eigenvalue weighted by Crippen LogP contribution is -2.13. The first-order valence-electron chi connectivity index (χ1n) is 7.80. The van der Waals surface area contributed by atoms with E-state index in [4.69, 9.17) is 9.47 Å². The molecular formula is C17H17F2N3O4S. The van der Waals surface area contributed by atoms with Gasteiger partial charge in [0.1, 0.15) is 11.4 Å². The number of aromatic nitrogens is 3. The Bertz CT molecular complexity index is 951.